The van der Waals surface area contributed by atoms with Crippen LogP contribution in [-0.2, 0) is 22.5 Å². The number of H-pyrrole nitrogens is 1. The van der Waals surface area contributed by atoms with Crippen molar-refractivity contribution < 1.29 is 9.47 Å². The number of hydrogen-bond acceptors (Lipinski definition) is 4. The van der Waals surface area contributed by atoms with Gasteiger partial charge in [0.05, 0.1) is 13.2 Å². The molecule has 0 bridgehead atoms. The third-order valence-corrected chi connectivity index (χ3v) is 3.81. The third-order valence-electron chi connectivity index (χ3n) is 3.47. The van der Waals surface area contributed by atoms with Gasteiger partial charge in [0.15, 0.2) is 0 Å². The molecule has 0 spiro atoms. The van der Waals surface area contributed by atoms with E-state index in [1.54, 1.807) is 0 Å². The van der Waals surface area contributed by atoms with Gasteiger partial charge in [-0.3, -0.25) is 0 Å². The van der Waals surface area contributed by atoms with Crippen LogP contribution in [0, 0.1) is 4.64 Å². The Labute approximate surface area is 105 Å². The Bertz CT molecular complexity index is 466. The van der Waals surface area contributed by atoms with Crippen LogP contribution in [-0.4, -0.2) is 29.8 Å². The van der Waals surface area contributed by atoms with Crippen molar-refractivity contribution in [1.82, 2.24) is 9.97 Å². The molecule has 5 heteroatoms. The summed E-state index contributed by atoms with van der Waals surface area (Å²) in [4.78, 5) is 8.00. The van der Waals surface area contributed by atoms with E-state index in [0.717, 1.165) is 50.5 Å². The molecular formula is C12H16N2O2S. The molecule has 0 amide bonds. The monoisotopic (exact) mass is 252 g/mol. The molecule has 3 heterocycles. The lowest BCUT2D eigenvalue weighted by atomic mass is 9.99. The first-order valence-corrected chi connectivity index (χ1v) is 6.53. The number of rotatable bonds is 1. The second-order valence-electron chi connectivity index (χ2n) is 4.57. The first kappa shape index (κ1) is 11.3. The van der Waals surface area contributed by atoms with Crippen LogP contribution in [0.15, 0.2) is 0 Å². The first-order chi connectivity index (χ1) is 8.34. The summed E-state index contributed by atoms with van der Waals surface area (Å²) in [7, 11) is 0. The van der Waals surface area contributed by atoms with Crippen molar-refractivity contribution in [1.29, 1.82) is 0 Å². The van der Waals surface area contributed by atoms with Gasteiger partial charge >= 0.3 is 0 Å². The van der Waals surface area contributed by atoms with Crippen molar-refractivity contribution in [2.75, 3.05) is 19.8 Å². The Morgan fingerprint density at radius 2 is 2.00 bits per heavy atom. The van der Waals surface area contributed by atoms with Crippen LogP contribution >= 0.6 is 12.2 Å². The fraction of sp³-hybridized carbons (Fsp3) is 0.667. The van der Waals surface area contributed by atoms with Gasteiger partial charge in [-0.1, -0.05) is 12.2 Å². The van der Waals surface area contributed by atoms with Crippen molar-refractivity contribution in [3.05, 3.63) is 21.7 Å². The first-order valence-electron chi connectivity index (χ1n) is 6.12. The number of nitrogens with one attached hydrogen (secondary N) is 1. The molecule has 17 heavy (non-hydrogen) atoms. The highest BCUT2D eigenvalue weighted by atomic mass is 32.1. The zero-order chi connectivity index (χ0) is 11.7. The summed E-state index contributed by atoms with van der Waals surface area (Å²) in [6.45, 7) is 3.03. The summed E-state index contributed by atoms with van der Waals surface area (Å²) < 4.78 is 11.5. The standard InChI is InChI=1S/C12H16N2O2S/c17-12-9-7-16-6-3-10(9)13-11(14-12)8-1-4-15-5-2-8/h8H,1-7H2,(H,13,14,17). The minimum atomic E-state index is 0.471. The van der Waals surface area contributed by atoms with E-state index in [1.165, 1.54) is 5.69 Å². The quantitative estimate of drug-likeness (QED) is 0.778. The predicted molar refractivity (Wildman–Crippen MR) is 65.6 cm³/mol. The topological polar surface area (TPSA) is 47.1 Å². The molecule has 2 aliphatic rings. The lowest BCUT2D eigenvalue weighted by Crippen LogP contribution is -2.20. The van der Waals surface area contributed by atoms with Gasteiger partial charge in [-0.25, -0.2) is 4.98 Å². The number of ether oxygens (including phenoxy) is 2. The van der Waals surface area contributed by atoms with E-state index in [1.807, 2.05) is 0 Å². The highest BCUT2D eigenvalue weighted by Crippen LogP contribution is 2.26. The summed E-state index contributed by atoms with van der Waals surface area (Å²) >= 11 is 5.35. The third kappa shape index (κ3) is 2.27. The molecule has 0 aliphatic carbocycles. The Morgan fingerprint density at radius 1 is 1.18 bits per heavy atom. The SMILES string of the molecule is S=c1nc(C2CCOCC2)[nH]c2c1COCC2. The zero-order valence-corrected chi connectivity index (χ0v) is 10.5. The average molecular weight is 252 g/mol. The number of nitrogens with zero attached hydrogens (tertiary/aromatic N) is 1. The van der Waals surface area contributed by atoms with Crippen LogP contribution in [0.25, 0.3) is 0 Å². The highest BCUT2D eigenvalue weighted by Gasteiger charge is 2.21. The number of aromatic amines is 1. The van der Waals surface area contributed by atoms with Gasteiger partial charge in [-0.2, -0.15) is 0 Å². The predicted octanol–water partition coefficient (Wildman–Crippen LogP) is 2.11. The largest absolute Gasteiger partial charge is 0.381 e. The Balaban J connectivity index is 1.95. The molecular weight excluding hydrogens is 236 g/mol. The minimum absolute atomic E-state index is 0.471. The van der Waals surface area contributed by atoms with E-state index in [9.17, 15) is 0 Å². The fourth-order valence-electron chi connectivity index (χ4n) is 2.44. The van der Waals surface area contributed by atoms with Gasteiger partial charge in [0.2, 0.25) is 0 Å². The van der Waals surface area contributed by atoms with Gasteiger partial charge < -0.3 is 14.5 Å². The lowest BCUT2D eigenvalue weighted by Gasteiger charge is -2.23. The van der Waals surface area contributed by atoms with Crippen LogP contribution in [0.1, 0.15) is 35.8 Å². The molecule has 0 atom stereocenters. The Morgan fingerprint density at radius 3 is 2.82 bits per heavy atom. The average Bonchev–Trinajstić information content (AvgIpc) is 2.40. The molecule has 0 saturated carbocycles. The maximum absolute atomic E-state index is 5.42. The normalized spacial score (nSPS) is 21.2. The van der Waals surface area contributed by atoms with E-state index in [-0.39, 0.29) is 0 Å². The minimum Gasteiger partial charge on any atom is -0.381 e. The maximum atomic E-state index is 5.42. The van der Waals surface area contributed by atoms with Crippen molar-refractivity contribution in [2.45, 2.75) is 31.8 Å². The number of fused-ring (bicyclic) bond motifs is 1. The second-order valence-corrected chi connectivity index (χ2v) is 4.96. The smallest absolute Gasteiger partial charge is 0.135 e. The Hall–Kier alpha value is -0.780. The second kappa shape index (κ2) is 4.84. The highest BCUT2D eigenvalue weighted by molar-refractivity contribution is 7.71. The summed E-state index contributed by atoms with van der Waals surface area (Å²) in [5, 5.41) is 0. The van der Waals surface area contributed by atoms with Crippen molar-refractivity contribution in [3.63, 3.8) is 0 Å². The van der Waals surface area contributed by atoms with E-state index in [0.29, 0.717) is 17.2 Å². The van der Waals surface area contributed by atoms with Crippen molar-refractivity contribution >= 4 is 12.2 Å². The molecule has 3 rings (SSSR count). The molecule has 1 N–H and O–H groups in total. The van der Waals surface area contributed by atoms with E-state index in [2.05, 4.69) is 9.97 Å². The van der Waals surface area contributed by atoms with Crippen LogP contribution in [0.2, 0.25) is 0 Å². The van der Waals surface area contributed by atoms with Crippen LogP contribution < -0.4 is 0 Å². The molecule has 4 nitrogen and oxygen atoms in total. The Kier molecular flexibility index (Phi) is 3.22. The molecule has 1 aromatic rings. The molecule has 1 aromatic heterocycles. The molecule has 0 radical (unpaired) electrons. The van der Waals surface area contributed by atoms with Crippen LogP contribution in [0.5, 0.6) is 0 Å². The number of aromatic nitrogens is 2. The van der Waals surface area contributed by atoms with Gasteiger partial charge in [0.25, 0.3) is 0 Å². The summed E-state index contributed by atoms with van der Waals surface area (Å²) in [6.07, 6.45) is 2.98. The van der Waals surface area contributed by atoms with E-state index >= 15 is 0 Å². The molecule has 1 saturated heterocycles. The molecule has 92 valence electrons. The van der Waals surface area contributed by atoms with E-state index in [4.69, 9.17) is 21.7 Å². The van der Waals surface area contributed by atoms with Crippen LogP contribution in [0.4, 0.5) is 0 Å². The maximum Gasteiger partial charge on any atom is 0.135 e. The van der Waals surface area contributed by atoms with Gasteiger partial charge in [-0.05, 0) is 12.8 Å². The van der Waals surface area contributed by atoms with Gasteiger partial charge in [0, 0.05) is 36.8 Å². The molecule has 1 fully saturated rings. The van der Waals surface area contributed by atoms with E-state index < -0.39 is 0 Å². The summed E-state index contributed by atoms with van der Waals surface area (Å²) in [6, 6.07) is 0. The van der Waals surface area contributed by atoms with Crippen molar-refractivity contribution in [2.24, 2.45) is 0 Å². The molecule has 2 aliphatic heterocycles. The lowest BCUT2D eigenvalue weighted by molar-refractivity contribution is 0.0828. The summed E-state index contributed by atoms with van der Waals surface area (Å²) in [5.74, 6) is 1.51. The summed E-state index contributed by atoms with van der Waals surface area (Å²) in [5.41, 5.74) is 2.29. The van der Waals surface area contributed by atoms with Gasteiger partial charge in [-0.15, -0.1) is 0 Å². The van der Waals surface area contributed by atoms with Crippen molar-refractivity contribution in [3.8, 4) is 0 Å². The van der Waals surface area contributed by atoms with Crippen LogP contribution in [0.3, 0.4) is 0 Å². The molecule has 0 unspecified atom stereocenters. The number of hydrogen-bond donors (Lipinski definition) is 1. The molecule has 0 aromatic carbocycles. The zero-order valence-electron chi connectivity index (χ0n) is 9.70. The van der Waals surface area contributed by atoms with Gasteiger partial charge in [0.1, 0.15) is 10.5 Å². The fourth-order valence-corrected chi connectivity index (χ4v) is 2.72.